The van der Waals surface area contributed by atoms with Crippen molar-refractivity contribution in [3.63, 3.8) is 0 Å². The van der Waals surface area contributed by atoms with Crippen molar-refractivity contribution in [2.24, 2.45) is 11.8 Å². The summed E-state index contributed by atoms with van der Waals surface area (Å²) in [6.45, 7) is 2.20. The molecule has 2 atom stereocenters. The Morgan fingerprint density at radius 2 is 2.05 bits per heavy atom. The Hall–Kier alpha value is -1.57. The molecule has 3 rings (SSSR count). The number of hydrogen-bond donors (Lipinski definition) is 0. The Morgan fingerprint density at radius 3 is 2.89 bits per heavy atom. The molecule has 1 aliphatic rings. The molecule has 19 heavy (non-hydrogen) atoms. The predicted molar refractivity (Wildman–Crippen MR) is 76.3 cm³/mol. The fourth-order valence-electron chi connectivity index (χ4n) is 3.41. The first-order chi connectivity index (χ1) is 9.31. The van der Waals surface area contributed by atoms with Gasteiger partial charge in [0.1, 0.15) is 11.8 Å². The lowest BCUT2D eigenvalue weighted by atomic mass is 9.74. The van der Waals surface area contributed by atoms with E-state index in [9.17, 15) is 4.79 Å². The number of benzene rings is 1. The molecule has 2 aromatic rings. The van der Waals surface area contributed by atoms with Crippen LogP contribution in [0.1, 0.15) is 49.4 Å². The van der Waals surface area contributed by atoms with E-state index in [0.29, 0.717) is 5.92 Å². The van der Waals surface area contributed by atoms with Gasteiger partial charge in [-0.15, -0.1) is 0 Å². The molecule has 2 heteroatoms. The molecular formula is C17H20O2. The first-order valence-electron chi connectivity index (χ1n) is 7.31. The summed E-state index contributed by atoms with van der Waals surface area (Å²) in [4.78, 5) is 12.8. The minimum absolute atomic E-state index is 0.194. The number of hydrogen-bond acceptors (Lipinski definition) is 2. The van der Waals surface area contributed by atoms with Gasteiger partial charge in [-0.1, -0.05) is 44.4 Å². The molecule has 0 spiro atoms. The van der Waals surface area contributed by atoms with Gasteiger partial charge in [0.05, 0.1) is 5.56 Å². The number of para-hydroxylation sites is 1. The standard InChI is InChI=1S/C17H20O2/c1-2-12-7-3-4-8-13(12)17(18)15-11-19-16-10-6-5-9-14(15)16/h5-6,9-13H,2-4,7-8H2,1H3. The van der Waals surface area contributed by atoms with Gasteiger partial charge in [-0.3, -0.25) is 4.79 Å². The van der Waals surface area contributed by atoms with Gasteiger partial charge in [-0.2, -0.15) is 0 Å². The Labute approximate surface area is 113 Å². The van der Waals surface area contributed by atoms with Crippen molar-refractivity contribution in [2.45, 2.75) is 39.0 Å². The Morgan fingerprint density at radius 1 is 1.26 bits per heavy atom. The van der Waals surface area contributed by atoms with Crippen LogP contribution in [0.4, 0.5) is 0 Å². The van der Waals surface area contributed by atoms with Crippen LogP contribution in [0.15, 0.2) is 34.9 Å². The zero-order valence-electron chi connectivity index (χ0n) is 11.4. The maximum atomic E-state index is 12.8. The van der Waals surface area contributed by atoms with Gasteiger partial charge in [0.15, 0.2) is 5.78 Å². The average molecular weight is 256 g/mol. The molecule has 0 amide bonds. The normalized spacial score (nSPS) is 23.6. The summed E-state index contributed by atoms with van der Waals surface area (Å²) in [7, 11) is 0. The molecule has 0 N–H and O–H groups in total. The van der Waals surface area contributed by atoms with Gasteiger partial charge in [-0.05, 0) is 24.8 Å². The smallest absolute Gasteiger partial charge is 0.170 e. The summed E-state index contributed by atoms with van der Waals surface area (Å²) in [5, 5.41) is 0.966. The summed E-state index contributed by atoms with van der Waals surface area (Å²) < 4.78 is 5.51. The molecule has 1 heterocycles. The van der Waals surface area contributed by atoms with E-state index in [1.165, 1.54) is 19.3 Å². The van der Waals surface area contributed by atoms with E-state index in [-0.39, 0.29) is 11.7 Å². The minimum Gasteiger partial charge on any atom is -0.464 e. The molecule has 0 bridgehead atoms. The van der Waals surface area contributed by atoms with Crippen LogP contribution >= 0.6 is 0 Å². The van der Waals surface area contributed by atoms with E-state index in [1.54, 1.807) is 6.26 Å². The van der Waals surface area contributed by atoms with E-state index in [4.69, 9.17) is 4.42 Å². The second-order valence-electron chi connectivity index (χ2n) is 5.57. The monoisotopic (exact) mass is 256 g/mol. The molecule has 0 saturated heterocycles. The largest absolute Gasteiger partial charge is 0.464 e. The van der Waals surface area contributed by atoms with Crippen LogP contribution in [0, 0.1) is 11.8 Å². The summed E-state index contributed by atoms with van der Waals surface area (Å²) in [6.07, 6.45) is 7.44. The van der Waals surface area contributed by atoms with Gasteiger partial charge < -0.3 is 4.42 Å². The van der Waals surface area contributed by atoms with E-state index >= 15 is 0 Å². The van der Waals surface area contributed by atoms with Crippen molar-refractivity contribution in [1.29, 1.82) is 0 Å². The summed E-state index contributed by atoms with van der Waals surface area (Å²) in [6, 6.07) is 7.81. The lowest BCUT2D eigenvalue weighted by molar-refractivity contribution is 0.0821. The number of carbonyl (C=O) groups is 1. The third-order valence-corrected chi connectivity index (χ3v) is 4.52. The minimum atomic E-state index is 0.194. The van der Waals surface area contributed by atoms with Crippen LogP contribution in [-0.4, -0.2) is 5.78 Å². The van der Waals surface area contributed by atoms with Crippen molar-refractivity contribution < 1.29 is 9.21 Å². The molecule has 100 valence electrons. The van der Waals surface area contributed by atoms with Crippen LogP contribution < -0.4 is 0 Å². The SMILES string of the molecule is CCC1CCCCC1C(=O)c1coc2ccccc12. The molecular weight excluding hydrogens is 236 g/mol. The van der Waals surface area contributed by atoms with E-state index in [2.05, 4.69) is 6.92 Å². The zero-order chi connectivity index (χ0) is 13.2. The fourth-order valence-corrected chi connectivity index (χ4v) is 3.41. The molecule has 1 fully saturated rings. The van der Waals surface area contributed by atoms with Crippen molar-refractivity contribution in [3.8, 4) is 0 Å². The summed E-state index contributed by atoms with van der Waals surface area (Å²) in [5.41, 5.74) is 1.59. The highest BCUT2D eigenvalue weighted by Gasteiger charge is 2.31. The number of fused-ring (bicyclic) bond motifs is 1. The number of Topliss-reactive ketones (excluding diaryl/α,β-unsaturated/α-hetero) is 1. The topological polar surface area (TPSA) is 30.2 Å². The second-order valence-corrected chi connectivity index (χ2v) is 5.57. The highest BCUT2D eigenvalue weighted by molar-refractivity contribution is 6.08. The third-order valence-electron chi connectivity index (χ3n) is 4.52. The van der Waals surface area contributed by atoms with Gasteiger partial charge in [-0.25, -0.2) is 0 Å². The van der Waals surface area contributed by atoms with Gasteiger partial charge in [0.25, 0.3) is 0 Å². The number of furan rings is 1. The first-order valence-corrected chi connectivity index (χ1v) is 7.31. The van der Waals surface area contributed by atoms with Crippen LogP contribution in [0.2, 0.25) is 0 Å². The number of carbonyl (C=O) groups excluding carboxylic acids is 1. The summed E-state index contributed by atoms with van der Waals surface area (Å²) >= 11 is 0. The number of ketones is 1. The van der Waals surface area contributed by atoms with Gasteiger partial charge >= 0.3 is 0 Å². The van der Waals surface area contributed by atoms with Crippen molar-refractivity contribution in [1.82, 2.24) is 0 Å². The van der Waals surface area contributed by atoms with Crippen LogP contribution in [0.3, 0.4) is 0 Å². The maximum Gasteiger partial charge on any atom is 0.170 e. The average Bonchev–Trinajstić information content (AvgIpc) is 2.90. The molecule has 0 aliphatic heterocycles. The fraction of sp³-hybridized carbons (Fsp3) is 0.471. The van der Waals surface area contributed by atoms with Crippen molar-refractivity contribution in [2.75, 3.05) is 0 Å². The first kappa shape index (κ1) is 12.5. The van der Waals surface area contributed by atoms with E-state index < -0.39 is 0 Å². The Balaban J connectivity index is 1.94. The Kier molecular flexibility index (Phi) is 3.41. The molecule has 1 aromatic heterocycles. The quantitative estimate of drug-likeness (QED) is 0.736. The molecule has 1 saturated carbocycles. The predicted octanol–water partition coefficient (Wildman–Crippen LogP) is 4.83. The third kappa shape index (κ3) is 2.20. The highest BCUT2D eigenvalue weighted by atomic mass is 16.3. The lowest BCUT2D eigenvalue weighted by Gasteiger charge is -2.29. The summed E-state index contributed by atoms with van der Waals surface area (Å²) in [5.74, 6) is 1.03. The van der Waals surface area contributed by atoms with Crippen molar-refractivity contribution in [3.05, 3.63) is 36.1 Å². The molecule has 0 radical (unpaired) electrons. The van der Waals surface area contributed by atoms with Crippen LogP contribution in [0.25, 0.3) is 11.0 Å². The van der Waals surface area contributed by atoms with Crippen LogP contribution in [0.5, 0.6) is 0 Å². The lowest BCUT2D eigenvalue weighted by Crippen LogP contribution is -2.26. The molecule has 2 nitrogen and oxygen atoms in total. The van der Waals surface area contributed by atoms with Gasteiger partial charge in [0, 0.05) is 11.3 Å². The number of rotatable bonds is 3. The van der Waals surface area contributed by atoms with E-state index in [0.717, 1.165) is 29.4 Å². The second kappa shape index (κ2) is 5.20. The molecule has 1 aliphatic carbocycles. The highest BCUT2D eigenvalue weighted by Crippen LogP contribution is 2.36. The zero-order valence-corrected chi connectivity index (χ0v) is 11.4. The maximum absolute atomic E-state index is 12.8. The van der Waals surface area contributed by atoms with Crippen molar-refractivity contribution >= 4 is 16.8 Å². The molecule has 1 aromatic carbocycles. The van der Waals surface area contributed by atoms with Crippen LogP contribution in [-0.2, 0) is 0 Å². The van der Waals surface area contributed by atoms with E-state index in [1.807, 2.05) is 24.3 Å². The van der Waals surface area contributed by atoms with Gasteiger partial charge in [0.2, 0.25) is 0 Å². The Bertz CT molecular complexity index is 582. The molecule has 2 unspecified atom stereocenters.